The molecule has 0 aliphatic heterocycles. The van der Waals surface area contributed by atoms with Crippen molar-refractivity contribution in [1.29, 1.82) is 0 Å². The van der Waals surface area contributed by atoms with E-state index in [9.17, 15) is 0 Å². The van der Waals surface area contributed by atoms with Crippen LogP contribution in [0, 0.1) is 6.92 Å². The number of hydrogen-bond donors (Lipinski definition) is 2. The lowest BCUT2D eigenvalue weighted by Crippen LogP contribution is -1.84. The van der Waals surface area contributed by atoms with Crippen LogP contribution in [0.3, 0.4) is 0 Å². The average Bonchev–Trinajstić information content (AvgIpc) is 2.91. The van der Waals surface area contributed by atoms with Gasteiger partial charge >= 0.3 is 0 Å². The number of H-pyrrole nitrogens is 1. The lowest BCUT2D eigenvalue weighted by atomic mass is 10.1. The van der Waals surface area contributed by atoms with Gasteiger partial charge in [0.05, 0.1) is 24.1 Å². The van der Waals surface area contributed by atoms with Crippen LogP contribution in [0.25, 0.3) is 22.4 Å². The van der Waals surface area contributed by atoms with E-state index in [1.54, 1.807) is 6.20 Å². The maximum absolute atomic E-state index is 9.04. The number of nitrogens with zero attached hydrogens (tertiary/aromatic N) is 1. The molecule has 0 saturated carbocycles. The molecule has 2 heterocycles. The van der Waals surface area contributed by atoms with E-state index in [1.807, 2.05) is 31.2 Å². The highest BCUT2D eigenvalue weighted by molar-refractivity contribution is 5.93. The number of aromatic amines is 1. The van der Waals surface area contributed by atoms with E-state index in [0.29, 0.717) is 5.69 Å². The molecular formula is C13H12N2O2. The van der Waals surface area contributed by atoms with Crippen molar-refractivity contribution in [1.82, 2.24) is 9.97 Å². The first-order valence-corrected chi connectivity index (χ1v) is 5.43. The first kappa shape index (κ1) is 10.1. The number of rotatable bonds is 2. The number of para-hydroxylation sites is 1. The Morgan fingerprint density at radius 2 is 2.18 bits per heavy atom. The SMILES string of the molecule is Cc1oc2ccccc2c1-c1ncc(CO)[nH]1. The highest BCUT2D eigenvalue weighted by Crippen LogP contribution is 2.32. The second-order valence-electron chi connectivity index (χ2n) is 3.94. The molecule has 1 aromatic carbocycles. The second kappa shape index (κ2) is 3.75. The van der Waals surface area contributed by atoms with Gasteiger partial charge in [-0.2, -0.15) is 0 Å². The predicted molar refractivity (Wildman–Crippen MR) is 64.5 cm³/mol. The van der Waals surface area contributed by atoms with Crippen LogP contribution >= 0.6 is 0 Å². The Morgan fingerprint density at radius 1 is 1.35 bits per heavy atom. The molecule has 0 radical (unpaired) electrons. The van der Waals surface area contributed by atoms with Crippen molar-refractivity contribution in [2.24, 2.45) is 0 Å². The number of nitrogens with one attached hydrogen (secondary N) is 1. The summed E-state index contributed by atoms with van der Waals surface area (Å²) < 4.78 is 5.67. The first-order valence-electron chi connectivity index (χ1n) is 5.43. The van der Waals surface area contributed by atoms with Gasteiger partial charge in [0, 0.05) is 5.39 Å². The number of hydrogen-bond acceptors (Lipinski definition) is 3. The fourth-order valence-corrected chi connectivity index (χ4v) is 2.03. The maximum atomic E-state index is 9.04. The number of aliphatic hydroxyl groups is 1. The maximum Gasteiger partial charge on any atom is 0.141 e. The van der Waals surface area contributed by atoms with Crippen LogP contribution in [0.15, 0.2) is 34.9 Å². The van der Waals surface area contributed by atoms with Crippen molar-refractivity contribution < 1.29 is 9.52 Å². The highest BCUT2D eigenvalue weighted by atomic mass is 16.3. The van der Waals surface area contributed by atoms with E-state index in [0.717, 1.165) is 28.1 Å². The van der Waals surface area contributed by atoms with E-state index in [1.165, 1.54) is 0 Å². The van der Waals surface area contributed by atoms with E-state index in [-0.39, 0.29) is 6.61 Å². The van der Waals surface area contributed by atoms with Crippen molar-refractivity contribution in [3.05, 3.63) is 41.9 Å². The molecule has 3 aromatic rings. The third-order valence-electron chi connectivity index (χ3n) is 2.81. The minimum atomic E-state index is -0.0398. The van der Waals surface area contributed by atoms with Crippen molar-refractivity contribution in [3.63, 3.8) is 0 Å². The monoisotopic (exact) mass is 228 g/mol. The van der Waals surface area contributed by atoms with Gasteiger partial charge in [-0.1, -0.05) is 18.2 Å². The second-order valence-corrected chi connectivity index (χ2v) is 3.94. The summed E-state index contributed by atoms with van der Waals surface area (Å²) in [7, 11) is 0. The third-order valence-corrected chi connectivity index (χ3v) is 2.81. The van der Waals surface area contributed by atoms with E-state index in [2.05, 4.69) is 9.97 Å². The molecule has 2 N–H and O–H groups in total. The zero-order chi connectivity index (χ0) is 11.8. The zero-order valence-corrected chi connectivity index (χ0v) is 9.40. The lowest BCUT2D eigenvalue weighted by Gasteiger charge is -1.94. The standard InChI is InChI=1S/C13H12N2O2/c1-8-12(13-14-6-9(7-16)15-13)10-4-2-3-5-11(10)17-8/h2-6,16H,7H2,1H3,(H,14,15). The molecule has 17 heavy (non-hydrogen) atoms. The largest absolute Gasteiger partial charge is 0.461 e. The first-order chi connectivity index (χ1) is 8.29. The Hall–Kier alpha value is -2.07. The number of imidazole rings is 1. The van der Waals surface area contributed by atoms with E-state index >= 15 is 0 Å². The minimum absolute atomic E-state index is 0.0398. The summed E-state index contributed by atoms with van der Waals surface area (Å²) in [5.74, 6) is 1.56. The van der Waals surface area contributed by atoms with Gasteiger partial charge in [0.2, 0.25) is 0 Å². The Morgan fingerprint density at radius 3 is 2.94 bits per heavy atom. The quantitative estimate of drug-likeness (QED) is 0.708. The van der Waals surface area contributed by atoms with Gasteiger partial charge in [0.15, 0.2) is 0 Å². The molecule has 3 rings (SSSR count). The van der Waals surface area contributed by atoms with Crippen molar-refractivity contribution in [3.8, 4) is 11.4 Å². The Bertz CT molecular complexity index is 667. The molecule has 0 fully saturated rings. The smallest absolute Gasteiger partial charge is 0.141 e. The van der Waals surface area contributed by atoms with Gasteiger partial charge in [-0.15, -0.1) is 0 Å². The summed E-state index contributed by atoms with van der Waals surface area (Å²) in [4.78, 5) is 7.34. The van der Waals surface area contributed by atoms with Crippen LogP contribution in [0.5, 0.6) is 0 Å². The molecule has 2 aromatic heterocycles. The number of furan rings is 1. The number of aromatic nitrogens is 2. The van der Waals surface area contributed by atoms with Gasteiger partial charge in [-0.3, -0.25) is 0 Å². The fourth-order valence-electron chi connectivity index (χ4n) is 2.03. The zero-order valence-electron chi connectivity index (χ0n) is 9.40. The van der Waals surface area contributed by atoms with Crippen LogP contribution in [0.4, 0.5) is 0 Å². The molecule has 0 amide bonds. The van der Waals surface area contributed by atoms with Crippen LogP contribution in [0.1, 0.15) is 11.5 Å². The number of fused-ring (bicyclic) bond motifs is 1. The number of benzene rings is 1. The molecule has 0 aliphatic carbocycles. The normalized spacial score (nSPS) is 11.2. The lowest BCUT2D eigenvalue weighted by molar-refractivity contribution is 0.277. The van der Waals surface area contributed by atoms with Gasteiger partial charge < -0.3 is 14.5 Å². The summed E-state index contributed by atoms with van der Waals surface area (Å²) in [6, 6.07) is 7.84. The number of aliphatic hydroxyl groups excluding tert-OH is 1. The molecule has 0 atom stereocenters. The molecular weight excluding hydrogens is 216 g/mol. The summed E-state index contributed by atoms with van der Waals surface area (Å²) in [5, 5.41) is 10.1. The van der Waals surface area contributed by atoms with Crippen molar-refractivity contribution in [2.45, 2.75) is 13.5 Å². The third kappa shape index (κ3) is 1.54. The topological polar surface area (TPSA) is 62.1 Å². The molecule has 0 unspecified atom stereocenters. The summed E-state index contributed by atoms with van der Waals surface area (Å²) in [6.07, 6.45) is 1.64. The van der Waals surface area contributed by atoms with Gasteiger partial charge in [0.25, 0.3) is 0 Å². The molecule has 0 saturated heterocycles. The average molecular weight is 228 g/mol. The van der Waals surface area contributed by atoms with Crippen LogP contribution in [-0.4, -0.2) is 15.1 Å². The summed E-state index contributed by atoms with van der Waals surface area (Å²) in [5.41, 5.74) is 2.51. The Kier molecular flexibility index (Phi) is 2.23. The molecule has 86 valence electrons. The van der Waals surface area contributed by atoms with Crippen molar-refractivity contribution >= 4 is 11.0 Å². The minimum Gasteiger partial charge on any atom is -0.461 e. The fraction of sp³-hybridized carbons (Fsp3) is 0.154. The molecule has 4 heteroatoms. The molecule has 0 bridgehead atoms. The van der Waals surface area contributed by atoms with Crippen LogP contribution in [-0.2, 0) is 6.61 Å². The number of aryl methyl sites for hydroxylation is 1. The Balaban J connectivity index is 2.25. The van der Waals surface area contributed by atoms with Crippen LogP contribution in [0.2, 0.25) is 0 Å². The Labute approximate surface area is 97.9 Å². The van der Waals surface area contributed by atoms with Gasteiger partial charge in [-0.25, -0.2) is 4.98 Å². The summed E-state index contributed by atoms with van der Waals surface area (Å²) in [6.45, 7) is 1.87. The van der Waals surface area contributed by atoms with E-state index in [4.69, 9.17) is 9.52 Å². The van der Waals surface area contributed by atoms with Gasteiger partial charge in [0.1, 0.15) is 17.2 Å². The van der Waals surface area contributed by atoms with Crippen LogP contribution < -0.4 is 0 Å². The summed E-state index contributed by atoms with van der Waals surface area (Å²) >= 11 is 0. The van der Waals surface area contributed by atoms with Crippen molar-refractivity contribution in [2.75, 3.05) is 0 Å². The molecule has 0 spiro atoms. The molecule has 0 aliphatic rings. The molecule has 4 nitrogen and oxygen atoms in total. The van der Waals surface area contributed by atoms with Gasteiger partial charge in [-0.05, 0) is 13.0 Å². The highest BCUT2D eigenvalue weighted by Gasteiger charge is 2.14. The van der Waals surface area contributed by atoms with E-state index < -0.39 is 0 Å². The predicted octanol–water partition coefficient (Wildman–Crippen LogP) is 2.62.